The summed E-state index contributed by atoms with van der Waals surface area (Å²) in [7, 11) is 0. The van der Waals surface area contributed by atoms with Crippen molar-refractivity contribution in [2.45, 2.75) is 0 Å². The molecule has 2 nitrogen and oxygen atoms in total. The van der Waals surface area contributed by atoms with E-state index in [1.807, 2.05) is 42.5 Å². The van der Waals surface area contributed by atoms with Crippen LogP contribution in [0.4, 0.5) is 0 Å². The monoisotopic (exact) mass is 252 g/mol. The maximum absolute atomic E-state index is 9.38. The molecule has 2 N–H and O–H groups in total. The van der Waals surface area contributed by atoms with Gasteiger partial charge in [-0.3, -0.25) is 0 Å². The predicted octanol–water partition coefficient (Wildman–Crippen LogP) is 1.84. The number of hydrogen-bond acceptors (Lipinski definition) is 3. The average Bonchev–Trinajstić information content (AvgIpc) is 2.37. The van der Waals surface area contributed by atoms with E-state index in [9.17, 15) is 10.2 Å². The van der Waals surface area contributed by atoms with Crippen LogP contribution in [-0.2, 0) is 11.8 Å². The zero-order valence-electron chi connectivity index (χ0n) is 8.71. The second kappa shape index (κ2) is 4.64. The van der Waals surface area contributed by atoms with Gasteiger partial charge in [0, 0.05) is 6.04 Å². The first-order chi connectivity index (χ1) is 7.71. The van der Waals surface area contributed by atoms with E-state index in [1.165, 1.54) is 0 Å². The van der Waals surface area contributed by atoms with Crippen molar-refractivity contribution in [3.05, 3.63) is 42.5 Å². The van der Waals surface area contributed by atoms with Crippen molar-refractivity contribution in [3.8, 4) is 0 Å². The smallest absolute Gasteiger partial charge is 0.0776 e. The fourth-order valence-electron chi connectivity index (χ4n) is 1.76. The van der Waals surface area contributed by atoms with E-state index >= 15 is 0 Å². The average molecular weight is 252 g/mol. The molecule has 2 aromatic rings. The van der Waals surface area contributed by atoms with Crippen LogP contribution in [0.2, 0.25) is 0 Å². The minimum Gasteiger partial charge on any atom is -0.391 e. The molecule has 0 unspecified atom stereocenters. The molecule has 0 aliphatic heterocycles. The van der Waals surface area contributed by atoms with Crippen molar-refractivity contribution in [1.82, 2.24) is 0 Å². The second-order valence-electron chi connectivity index (χ2n) is 3.67. The Morgan fingerprint density at radius 3 is 2.25 bits per heavy atom. The number of rotatable bonds is 3. The van der Waals surface area contributed by atoms with Crippen LogP contribution in [0, 0.1) is 0 Å². The number of hydrogen-bond donors (Lipinski definition) is 2. The largest absolute Gasteiger partial charge is 0.391 e. The van der Waals surface area contributed by atoms with E-state index in [0.717, 1.165) is 16.1 Å². The van der Waals surface area contributed by atoms with Crippen molar-refractivity contribution in [1.29, 1.82) is 0 Å². The molecule has 0 spiro atoms. The maximum atomic E-state index is 9.38. The molecule has 16 heavy (non-hydrogen) atoms. The molecule has 0 aliphatic carbocycles. The molecule has 0 aromatic heterocycles. The first kappa shape index (κ1) is 11.7. The van der Waals surface area contributed by atoms with Crippen LogP contribution in [0.1, 0.15) is 0 Å². The highest BCUT2D eigenvalue weighted by atomic mass is 32.4. The van der Waals surface area contributed by atoms with Gasteiger partial charge in [-0.25, -0.2) is 0 Å². The van der Waals surface area contributed by atoms with Crippen molar-refractivity contribution >= 4 is 33.9 Å². The van der Waals surface area contributed by atoms with Gasteiger partial charge in [0.1, 0.15) is 0 Å². The Hall–Kier alpha value is -0.730. The van der Waals surface area contributed by atoms with Crippen LogP contribution < -0.4 is 5.30 Å². The molecular formula is C12H13O2PS. The molecule has 0 amide bonds. The summed E-state index contributed by atoms with van der Waals surface area (Å²) in [5.74, 6) is 0. The summed E-state index contributed by atoms with van der Waals surface area (Å²) in [4.78, 5) is 0. The molecule has 84 valence electrons. The lowest BCUT2D eigenvalue weighted by Crippen LogP contribution is -2.11. The third-order valence-corrected chi connectivity index (χ3v) is 6.13. The van der Waals surface area contributed by atoms with Crippen LogP contribution in [0.25, 0.3) is 10.8 Å². The van der Waals surface area contributed by atoms with Gasteiger partial charge < -0.3 is 10.2 Å². The van der Waals surface area contributed by atoms with Crippen LogP contribution in [0.3, 0.4) is 0 Å². The summed E-state index contributed by atoms with van der Waals surface area (Å²) in [6.07, 6.45) is -0.264. The Balaban J connectivity index is 2.74. The first-order valence-corrected chi connectivity index (χ1v) is 8.17. The van der Waals surface area contributed by atoms with Gasteiger partial charge in [0.25, 0.3) is 0 Å². The van der Waals surface area contributed by atoms with Crippen molar-refractivity contribution < 1.29 is 10.2 Å². The molecule has 0 aliphatic rings. The molecule has 0 saturated heterocycles. The standard InChI is InChI=1S/C12H13O2PS/c13-8-15(16,9-14)12-7-3-5-10-4-1-2-6-11(10)12/h1-7,13-14H,8-9H2. The zero-order valence-corrected chi connectivity index (χ0v) is 10.4. The van der Waals surface area contributed by atoms with Crippen molar-refractivity contribution in [2.24, 2.45) is 0 Å². The van der Waals surface area contributed by atoms with Gasteiger partial charge >= 0.3 is 0 Å². The van der Waals surface area contributed by atoms with Crippen LogP contribution in [0.5, 0.6) is 0 Å². The first-order valence-electron chi connectivity index (χ1n) is 4.99. The third kappa shape index (κ3) is 1.92. The molecule has 0 radical (unpaired) electrons. The highest BCUT2D eigenvalue weighted by Crippen LogP contribution is 2.44. The third-order valence-electron chi connectivity index (χ3n) is 2.66. The number of aliphatic hydroxyl groups is 2. The topological polar surface area (TPSA) is 40.5 Å². The van der Waals surface area contributed by atoms with E-state index in [-0.39, 0.29) is 12.7 Å². The summed E-state index contributed by atoms with van der Waals surface area (Å²) in [5.41, 5.74) is 0. The van der Waals surface area contributed by atoms with Crippen LogP contribution in [0.15, 0.2) is 42.5 Å². The van der Waals surface area contributed by atoms with Gasteiger partial charge in [-0.05, 0) is 16.1 Å². The minimum atomic E-state index is -2.23. The Bertz CT molecular complexity index is 540. The molecule has 0 fully saturated rings. The lowest BCUT2D eigenvalue weighted by molar-refractivity contribution is 0.345. The highest BCUT2D eigenvalue weighted by molar-refractivity contribution is 8.18. The minimum absolute atomic E-state index is 0.132. The molecule has 0 saturated carbocycles. The van der Waals surface area contributed by atoms with Gasteiger partial charge in [0.05, 0.1) is 12.7 Å². The Kier molecular flexibility index (Phi) is 3.41. The fourth-order valence-corrected chi connectivity index (χ4v) is 3.63. The summed E-state index contributed by atoms with van der Waals surface area (Å²) in [6.45, 7) is 0. The lowest BCUT2D eigenvalue weighted by atomic mass is 10.1. The molecular weight excluding hydrogens is 239 g/mol. The van der Waals surface area contributed by atoms with Gasteiger partial charge in [-0.1, -0.05) is 54.3 Å². The fraction of sp³-hybridized carbons (Fsp3) is 0.167. The molecule has 4 heteroatoms. The quantitative estimate of drug-likeness (QED) is 0.819. The van der Waals surface area contributed by atoms with E-state index in [1.54, 1.807) is 0 Å². The van der Waals surface area contributed by atoms with Gasteiger partial charge in [0.2, 0.25) is 0 Å². The summed E-state index contributed by atoms with van der Waals surface area (Å²) in [6, 6.07) is 11.5. The normalized spacial score (nSPS) is 11.9. The van der Waals surface area contributed by atoms with Gasteiger partial charge in [-0.2, -0.15) is 0 Å². The molecule has 2 aromatic carbocycles. The van der Waals surface area contributed by atoms with Crippen molar-refractivity contribution in [3.63, 3.8) is 0 Å². The Labute approximate surface area is 99.6 Å². The molecule has 2 rings (SSSR count). The number of aliphatic hydroxyl groups excluding tert-OH is 2. The second-order valence-corrected chi connectivity index (χ2v) is 8.59. The van der Waals surface area contributed by atoms with Crippen LogP contribution >= 0.6 is 6.04 Å². The van der Waals surface area contributed by atoms with E-state index < -0.39 is 6.04 Å². The Morgan fingerprint density at radius 2 is 1.56 bits per heavy atom. The summed E-state index contributed by atoms with van der Waals surface area (Å²) >= 11 is 5.41. The van der Waals surface area contributed by atoms with E-state index in [0.29, 0.717) is 0 Å². The summed E-state index contributed by atoms with van der Waals surface area (Å²) < 4.78 is 0. The number of benzene rings is 2. The molecule has 0 bridgehead atoms. The summed E-state index contributed by atoms with van der Waals surface area (Å²) in [5, 5.41) is 21.8. The van der Waals surface area contributed by atoms with Gasteiger partial charge in [0.15, 0.2) is 0 Å². The predicted molar refractivity (Wildman–Crippen MR) is 72.0 cm³/mol. The highest BCUT2D eigenvalue weighted by Gasteiger charge is 2.19. The maximum Gasteiger partial charge on any atom is 0.0776 e. The SMILES string of the molecule is OCP(=S)(CO)c1cccc2ccccc12. The van der Waals surface area contributed by atoms with Gasteiger partial charge in [-0.15, -0.1) is 0 Å². The Morgan fingerprint density at radius 1 is 0.938 bits per heavy atom. The van der Waals surface area contributed by atoms with E-state index in [4.69, 9.17) is 11.8 Å². The lowest BCUT2D eigenvalue weighted by Gasteiger charge is -2.19. The zero-order chi connectivity index (χ0) is 11.6. The van der Waals surface area contributed by atoms with Crippen molar-refractivity contribution in [2.75, 3.05) is 12.7 Å². The van der Waals surface area contributed by atoms with E-state index in [2.05, 4.69) is 0 Å². The molecule has 0 heterocycles. The molecule has 0 atom stereocenters. The number of fused-ring (bicyclic) bond motifs is 1. The van der Waals surface area contributed by atoms with Crippen LogP contribution in [-0.4, -0.2) is 22.9 Å².